The van der Waals surface area contributed by atoms with Crippen LogP contribution in [-0.4, -0.2) is 35.7 Å². The Morgan fingerprint density at radius 2 is 0.909 bits per heavy atom. The fourth-order valence-electron chi connectivity index (χ4n) is 5.24. The summed E-state index contributed by atoms with van der Waals surface area (Å²) in [5.74, 6) is -2.55. The van der Waals surface area contributed by atoms with Crippen LogP contribution in [0.25, 0.3) is 0 Å². The van der Waals surface area contributed by atoms with Crippen molar-refractivity contribution in [1.29, 1.82) is 0 Å². The van der Waals surface area contributed by atoms with Crippen molar-refractivity contribution in [2.75, 3.05) is 9.80 Å². The molecule has 0 bridgehead atoms. The lowest BCUT2D eigenvalue weighted by molar-refractivity contribution is -0.139. The van der Waals surface area contributed by atoms with E-state index in [-0.39, 0.29) is 48.4 Å². The average molecular weight is 619 g/mol. The molecule has 0 spiro atoms. The van der Waals surface area contributed by atoms with E-state index in [4.69, 9.17) is 0 Å². The van der Waals surface area contributed by atoms with Gasteiger partial charge in [-0.2, -0.15) is 26.3 Å². The summed E-state index contributed by atoms with van der Waals surface area (Å²) in [7, 11) is 0. The first kappa shape index (κ1) is 30.9. The summed E-state index contributed by atoms with van der Waals surface area (Å²) in [5.41, 5.74) is -1.62. The van der Waals surface area contributed by atoms with Crippen molar-refractivity contribution in [3.8, 4) is 0 Å². The first-order valence-corrected chi connectivity index (χ1v) is 13.4. The van der Waals surface area contributed by atoms with Gasteiger partial charge in [0.25, 0.3) is 11.8 Å². The van der Waals surface area contributed by atoms with Crippen molar-refractivity contribution in [3.63, 3.8) is 0 Å². The molecule has 2 heterocycles. The molecule has 230 valence electrons. The van der Waals surface area contributed by atoms with Gasteiger partial charge in [0.15, 0.2) is 0 Å². The van der Waals surface area contributed by atoms with Crippen molar-refractivity contribution < 1.29 is 45.5 Å². The Bertz CT molecular complexity index is 1490. The number of imide groups is 2. The second-order valence-electron chi connectivity index (χ2n) is 10.2. The van der Waals surface area contributed by atoms with E-state index in [1.165, 1.54) is 60.7 Å². The highest BCUT2D eigenvalue weighted by molar-refractivity contribution is 6.24. The van der Waals surface area contributed by atoms with Crippen LogP contribution in [0.2, 0.25) is 0 Å². The number of amides is 4. The molecule has 2 aliphatic heterocycles. The Hall–Kier alpha value is -4.56. The van der Waals surface area contributed by atoms with Crippen molar-refractivity contribution in [2.45, 2.75) is 50.4 Å². The summed E-state index contributed by atoms with van der Waals surface area (Å²) in [4.78, 5) is 53.1. The maximum atomic E-state index is 13.3. The summed E-state index contributed by atoms with van der Waals surface area (Å²) in [6, 6.07) is 13.0. The lowest BCUT2D eigenvalue weighted by Gasteiger charge is -2.19. The van der Waals surface area contributed by atoms with Gasteiger partial charge in [-0.15, -0.1) is 0 Å². The molecule has 4 amide bonds. The van der Waals surface area contributed by atoms with Gasteiger partial charge in [0.05, 0.1) is 47.4 Å². The van der Waals surface area contributed by atoms with Gasteiger partial charge in [-0.1, -0.05) is 36.4 Å². The van der Waals surface area contributed by atoms with Crippen LogP contribution >= 0.6 is 0 Å². The van der Waals surface area contributed by atoms with Gasteiger partial charge in [0, 0.05) is 13.1 Å². The fourth-order valence-corrected chi connectivity index (χ4v) is 5.24. The van der Waals surface area contributed by atoms with Crippen LogP contribution < -0.4 is 20.4 Å². The van der Waals surface area contributed by atoms with E-state index < -0.39 is 59.2 Å². The second-order valence-corrected chi connectivity index (χ2v) is 10.2. The molecule has 8 nitrogen and oxygen atoms in total. The maximum absolute atomic E-state index is 13.3. The third kappa shape index (κ3) is 6.21. The van der Waals surface area contributed by atoms with Crippen molar-refractivity contribution in [2.24, 2.45) is 0 Å². The molecule has 2 N–H and O–H groups in total. The number of rotatable bonds is 8. The van der Waals surface area contributed by atoms with Crippen LogP contribution in [0.3, 0.4) is 0 Å². The van der Waals surface area contributed by atoms with Crippen LogP contribution in [0.5, 0.6) is 0 Å². The smallest absolute Gasteiger partial charge is 0.301 e. The zero-order chi connectivity index (χ0) is 31.8. The maximum Gasteiger partial charge on any atom is 0.416 e. The summed E-state index contributed by atoms with van der Waals surface area (Å²) in [6.07, 6.45) is -9.76. The molecule has 0 unspecified atom stereocenters. The zero-order valence-electron chi connectivity index (χ0n) is 22.7. The van der Waals surface area contributed by atoms with Gasteiger partial charge in [-0.3, -0.25) is 19.2 Å². The number of nitrogens with one attached hydrogen (secondary N) is 2. The van der Waals surface area contributed by atoms with Gasteiger partial charge in [-0.25, -0.2) is 9.80 Å². The summed E-state index contributed by atoms with van der Waals surface area (Å²) < 4.78 is 79.8. The molecule has 2 aliphatic rings. The van der Waals surface area contributed by atoms with Crippen LogP contribution in [0.1, 0.15) is 35.1 Å². The normalized spacial score (nSPS) is 19.4. The Morgan fingerprint density at radius 3 is 1.25 bits per heavy atom. The van der Waals surface area contributed by atoms with Crippen molar-refractivity contribution in [1.82, 2.24) is 10.6 Å². The largest absolute Gasteiger partial charge is 0.416 e. The highest BCUT2D eigenvalue weighted by atomic mass is 19.4. The van der Waals surface area contributed by atoms with Gasteiger partial charge in [0.2, 0.25) is 11.8 Å². The van der Waals surface area contributed by atoms with Gasteiger partial charge < -0.3 is 10.6 Å². The molecule has 2 fully saturated rings. The minimum absolute atomic E-state index is 0.0830. The Kier molecular flexibility index (Phi) is 8.32. The molecule has 3 aromatic carbocycles. The number of hydrogen-bond acceptors (Lipinski definition) is 6. The Balaban J connectivity index is 1.23. The van der Waals surface area contributed by atoms with Crippen LogP contribution in [-0.2, 0) is 44.6 Å². The van der Waals surface area contributed by atoms with E-state index in [2.05, 4.69) is 10.6 Å². The van der Waals surface area contributed by atoms with Crippen LogP contribution in [0, 0.1) is 0 Å². The SMILES string of the molecule is O=C1C[C@H](NCc2ccccc2C(F)(F)F)C(=O)N1c1ccc(N2C(=O)C[C@@H](NCc3ccccc3C(F)(F)F)C2=O)cc1. The quantitative estimate of drug-likeness (QED) is 0.284. The standard InChI is InChI=1S/C30H24F6N4O4/c31-29(32,33)21-7-3-1-5-17(21)15-37-23-13-25(41)39(27(23)43)19-9-11-20(12-10-19)40-26(42)14-24(28(40)44)38-16-18-6-2-4-8-22(18)30(34,35)36/h1-12,23-24,37-38H,13-16H2/t23-,24+. The third-order valence-corrected chi connectivity index (χ3v) is 7.38. The lowest BCUT2D eigenvalue weighted by atomic mass is 10.1. The number of carbonyl (C=O) groups excluding carboxylic acids is 4. The first-order valence-electron chi connectivity index (χ1n) is 13.4. The summed E-state index contributed by atoms with van der Waals surface area (Å²) >= 11 is 0. The number of halogens is 6. The first-order chi connectivity index (χ1) is 20.8. The molecule has 44 heavy (non-hydrogen) atoms. The summed E-state index contributed by atoms with van der Waals surface area (Å²) in [5, 5.41) is 5.44. The van der Waals surface area contributed by atoms with Gasteiger partial charge >= 0.3 is 12.4 Å². The number of anilines is 2. The molecule has 0 aromatic heterocycles. The van der Waals surface area contributed by atoms with E-state index in [0.29, 0.717) is 0 Å². The molecular weight excluding hydrogens is 594 g/mol. The number of alkyl halides is 6. The monoisotopic (exact) mass is 618 g/mol. The van der Waals surface area contributed by atoms with Crippen molar-refractivity contribution >= 4 is 35.0 Å². The molecule has 14 heteroatoms. The predicted octanol–water partition coefficient (Wildman–Crippen LogP) is 4.57. The van der Waals surface area contributed by atoms with E-state index in [1.807, 2.05) is 0 Å². The topological polar surface area (TPSA) is 98.8 Å². The minimum atomic E-state index is -4.59. The van der Waals surface area contributed by atoms with E-state index in [9.17, 15) is 45.5 Å². The molecular formula is C30H24F6N4O4. The highest BCUT2D eigenvalue weighted by Crippen LogP contribution is 2.34. The second kappa shape index (κ2) is 11.8. The minimum Gasteiger partial charge on any atom is -0.301 e. The summed E-state index contributed by atoms with van der Waals surface area (Å²) in [6.45, 7) is -0.607. The average Bonchev–Trinajstić information content (AvgIpc) is 3.42. The van der Waals surface area contributed by atoms with Crippen LogP contribution in [0.15, 0.2) is 72.8 Å². The molecule has 3 aromatic rings. The molecule has 2 saturated heterocycles. The van der Waals surface area contributed by atoms with E-state index in [1.54, 1.807) is 0 Å². The third-order valence-electron chi connectivity index (χ3n) is 7.38. The van der Waals surface area contributed by atoms with Crippen molar-refractivity contribution in [3.05, 3.63) is 95.1 Å². The predicted molar refractivity (Wildman–Crippen MR) is 145 cm³/mol. The zero-order valence-corrected chi connectivity index (χ0v) is 22.7. The Morgan fingerprint density at radius 1 is 0.568 bits per heavy atom. The molecule has 0 saturated carbocycles. The number of benzene rings is 3. The number of nitrogens with zero attached hydrogens (tertiary/aromatic N) is 2. The highest BCUT2D eigenvalue weighted by Gasteiger charge is 2.42. The molecule has 5 rings (SSSR count). The Labute approximate surface area is 246 Å². The van der Waals surface area contributed by atoms with Crippen LogP contribution in [0.4, 0.5) is 37.7 Å². The molecule has 2 atom stereocenters. The molecule has 0 aliphatic carbocycles. The van der Waals surface area contributed by atoms with E-state index >= 15 is 0 Å². The number of carbonyl (C=O) groups is 4. The van der Waals surface area contributed by atoms with E-state index in [0.717, 1.165) is 21.9 Å². The lowest BCUT2D eigenvalue weighted by Crippen LogP contribution is -2.39. The number of hydrogen-bond donors (Lipinski definition) is 2. The fraction of sp³-hybridized carbons (Fsp3) is 0.267. The van der Waals surface area contributed by atoms with Gasteiger partial charge in [-0.05, 0) is 47.5 Å². The van der Waals surface area contributed by atoms with Gasteiger partial charge in [0.1, 0.15) is 0 Å². The molecule has 0 radical (unpaired) electrons.